The monoisotopic (exact) mass is 559 g/mol. The molecule has 4 rings (SSSR count). The Kier molecular flexibility index (Phi) is 6.80. The molecule has 0 aliphatic carbocycles. The number of nitrogens with one attached hydrogen (secondary N) is 3. The van der Waals surface area contributed by atoms with Crippen LogP contribution in [0.15, 0.2) is 48.7 Å². The van der Waals surface area contributed by atoms with Crippen LogP contribution in [0.3, 0.4) is 0 Å². The number of aromatic amines is 1. The molecule has 0 unspecified atom stereocenters. The van der Waals surface area contributed by atoms with Gasteiger partial charge in [0.1, 0.15) is 0 Å². The van der Waals surface area contributed by atoms with E-state index in [0.29, 0.717) is 18.1 Å². The smallest absolute Gasteiger partial charge is 0.226 e. The molecule has 3 N–H and O–H groups in total. The van der Waals surface area contributed by atoms with Crippen molar-refractivity contribution in [2.45, 2.75) is 39.3 Å². The highest BCUT2D eigenvalue weighted by atomic mass is 127. The van der Waals surface area contributed by atoms with Crippen LogP contribution in [-0.4, -0.2) is 32.4 Å². The van der Waals surface area contributed by atoms with Gasteiger partial charge in [0.15, 0.2) is 5.11 Å². The number of anilines is 1. The summed E-state index contributed by atoms with van der Waals surface area (Å²) in [6.45, 7) is 6.66. The molecule has 1 saturated heterocycles. The van der Waals surface area contributed by atoms with Gasteiger partial charge in [-0.25, -0.2) is 0 Å². The van der Waals surface area contributed by atoms with Crippen molar-refractivity contribution in [2.75, 3.05) is 11.9 Å². The summed E-state index contributed by atoms with van der Waals surface area (Å²) in [5.74, 6) is -0.0289. The van der Waals surface area contributed by atoms with Crippen molar-refractivity contribution in [3.63, 3.8) is 0 Å². The number of pyridine rings is 1. The molecule has 1 aliphatic rings. The number of carbonyl (C=O) groups is 1. The predicted molar refractivity (Wildman–Crippen MR) is 140 cm³/mol. The largest absolute Gasteiger partial charge is 0.362 e. The lowest BCUT2D eigenvalue weighted by Gasteiger charge is -2.28. The molecule has 166 valence electrons. The lowest BCUT2D eigenvalue weighted by Crippen LogP contribution is -2.33. The maximum absolute atomic E-state index is 12.7. The molecule has 3 heterocycles. The summed E-state index contributed by atoms with van der Waals surface area (Å²) in [6, 6.07) is 13.6. The number of benzene rings is 1. The fourth-order valence-electron chi connectivity index (χ4n) is 4.23. The number of aryl methyl sites for hydroxylation is 3. The van der Waals surface area contributed by atoms with E-state index >= 15 is 0 Å². The third-order valence-electron chi connectivity index (χ3n) is 5.84. The molecule has 8 heteroatoms. The number of aromatic nitrogens is 2. The molecule has 1 aromatic carbocycles. The van der Waals surface area contributed by atoms with Gasteiger partial charge in [-0.1, -0.05) is 24.3 Å². The minimum Gasteiger partial charge on any atom is -0.362 e. The van der Waals surface area contributed by atoms with Gasteiger partial charge in [-0.3, -0.25) is 9.78 Å². The molecule has 1 amide bonds. The average molecular weight is 559 g/mol. The van der Waals surface area contributed by atoms with Crippen LogP contribution < -0.4 is 10.6 Å². The maximum Gasteiger partial charge on any atom is 0.226 e. The van der Waals surface area contributed by atoms with Gasteiger partial charge in [-0.2, -0.15) is 0 Å². The molecule has 0 saturated carbocycles. The molecule has 2 aromatic heterocycles. The second-order valence-corrected chi connectivity index (χ2v) is 9.50. The number of nitrogens with zero attached hydrogens (tertiary/aromatic N) is 2. The Labute approximate surface area is 207 Å². The van der Waals surface area contributed by atoms with E-state index in [0.717, 1.165) is 28.3 Å². The molecule has 32 heavy (non-hydrogen) atoms. The first-order valence-corrected chi connectivity index (χ1v) is 12.0. The van der Waals surface area contributed by atoms with Gasteiger partial charge >= 0.3 is 0 Å². The number of hydrogen-bond donors (Lipinski definition) is 3. The van der Waals surface area contributed by atoms with Gasteiger partial charge in [0, 0.05) is 45.4 Å². The molecule has 2 atom stereocenters. The van der Waals surface area contributed by atoms with Crippen LogP contribution >= 0.6 is 34.8 Å². The van der Waals surface area contributed by atoms with E-state index in [1.54, 1.807) is 6.20 Å². The highest BCUT2D eigenvalue weighted by molar-refractivity contribution is 14.1. The first kappa shape index (κ1) is 22.7. The van der Waals surface area contributed by atoms with Crippen molar-refractivity contribution in [2.24, 2.45) is 0 Å². The first-order chi connectivity index (χ1) is 15.4. The average Bonchev–Trinajstić information content (AvgIpc) is 3.23. The van der Waals surface area contributed by atoms with Crippen molar-refractivity contribution in [1.29, 1.82) is 0 Å². The van der Waals surface area contributed by atoms with Crippen LogP contribution in [0.25, 0.3) is 0 Å². The number of para-hydroxylation sites is 1. The summed E-state index contributed by atoms with van der Waals surface area (Å²) < 4.78 is 1.19. The zero-order valence-corrected chi connectivity index (χ0v) is 21.3. The molecule has 0 spiro atoms. The van der Waals surface area contributed by atoms with E-state index in [1.807, 2.05) is 49.4 Å². The van der Waals surface area contributed by atoms with Gasteiger partial charge in [-0.05, 0) is 79.3 Å². The summed E-state index contributed by atoms with van der Waals surface area (Å²) >= 11 is 8.13. The second-order valence-electron chi connectivity index (χ2n) is 8.04. The van der Waals surface area contributed by atoms with Crippen molar-refractivity contribution in [1.82, 2.24) is 20.2 Å². The predicted octanol–water partition coefficient (Wildman–Crippen LogP) is 4.94. The first-order valence-electron chi connectivity index (χ1n) is 10.5. The van der Waals surface area contributed by atoms with Crippen molar-refractivity contribution >= 4 is 51.5 Å². The molecule has 6 nitrogen and oxygen atoms in total. The van der Waals surface area contributed by atoms with Crippen LogP contribution in [0, 0.1) is 24.3 Å². The summed E-state index contributed by atoms with van der Waals surface area (Å²) in [5.41, 5.74) is 6.26. The summed E-state index contributed by atoms with van der Waals surface area (Å²) in [4.78, 5) is 22.9. The molecule has 0 bridgehead atoms. The van der Waals surface area contributed by atoms with Crippen molar-refractivity contribution in [3.8, 4) is 0 Å². The Morgan fingerprint density at radius 3 is 2.56 bits per heavy atom. The minimum atomic E-state index is -0.0921. The van der Waals surface area contributed by atoms with Gasteiger partial charge in [0.25, 0.3) is 0 Å². The SMILES string of the molecule is Cc1ccccc1NC(=O)CCN1C(=S)N[C@@H](c2ccccn2)[C@H]1c1c(C)[nH]c(C)c1I. The van der Waals surface area contributed by atoms with Gasteiger partial charge in [-0.15, -0.1) is 0 Å². The Balaban J connectivity index is 1.60. The maximum atomic E-state index is 12.7. The zero-order valence-electron chi connectivity index (χ0n) is 18.3. The third-order valence-corrected chi connectivity index (χ3v) is 7.58. The summed E-state index contributed by atoms with van der Waals surface area (Å²) in [7, 11) is 0. The third kappa shape index (κ3) is 4.52. The second kappa shape index (κ2) is 9.58. The highest BCUT2D eigenvalue weighted by Crippen LogP contribution is 2.42. The standard InChI is InChI=1S/C24H26IN5OS/c1-14-8-4-5-9-17(14)28-19(31)11-13-30-23(20-15(2)27-16(3)21(20)25)22(29-24(30)32)18-10-6-7-12-26-18/h4-10,12,22-23,27H,11,13H2,1-3H3,(H,28,31)(H,29,32)/t22-,23+/m0/s1. The van der Waals surface area contributed by atoms with E-state index in [9.17, 15) is 4.79 Å². The number of rotatable bonds is 6. The lowest BCUT2D eigenvalue weighted by molar-refractivity contribution is -0.116. The van der Waals surface area contributed by atoms with E-state index in [1.165, 1.54) is 9.13 Å². The number of halogens is 1. The van der Waals surface area contributed by atoms with Crippen LogP contribution in [0.2, 0.25) is 0 Å². The Hall–Kier alpha value is -2.46. The molecule has 1 fully saturated rings. The number of carbonyl (C=O) groups excluding carboxylic acids is 1. The topological polar surface area (TPSA) is 73.1 Å². The molecular weight excluding hydrogens is 533 g/mol. The fourth-order valence-corrected chi connectivity index (χ4v) is 5.42. The van der Waals surface area contributed by atoms with Crippen LogP contribution in [0.5, 0.6) is 0 Å². The van der Waals surface area contributed by atoms with Gasteiger partial charge in [0.2, 0.25) is 5.91 Å². The normalized spacial score (nSPS) is 18.0. The van der Waals surface area contributed by atoms with Crippen molar-refractivity contribution in [3.05, 3.63) is 80.4 Å². The van der Waals surface area contributed by atoms with Gasteiger partial charge < -0.3 is 20.5 Å². The van der Waals surface area contributed by atoms with Crippen molar-refractivity contribution < 1.29 is 4.79 Å². The van der Waals surface area contributed by atoms with E-state index in [4.69, 9.17) is 12.2 Å². The molecule has 0 radical (unpaired) electrons. The number of thiocarbonyl (C=S) groups is 1. The Morgan fingerprint density at radius 2 is 1.91 bits per heavy atom. The zero-order chi connectivity index (χ0) is 22.8. The lowest BCUT2D eigenvalue weighted by atomic mass is 9.96. The Bertz CT molecular complexity index is 1150. The highest BCUT2D eigenvalue weighted by Gasteiger charge is 2.42. The van der Waals surface area contributed by atoms with Gasteiger partial charge in [0.05, 0.1) is 17.8 Å². The minimum absolute atomic E-state index is 0.0289. The van der Waals surface area contributed by atoms with E-state index in [2.05, 4.69) is 61.9 Å². The summed E-state index contributed by atoms with van der Waals surface area (Å²) in [6.07, 6.45) is 2.14. The van der Waals surface area contributed by atoms with Crippen LogP contribution in [0.4, 0.5) is 5.69 Å². The molecule has 3 aromatic rings. The number of amides is 1. The van der Waals surface area contributed by atoms with E-state index in [-0.39, 0.29) is 18.0 Å². The van der Waals surface area contributed by atoms with Crippen LogP contribution in [-0.2, 0) is 4.79 Å². The van der Waals surface area contributed by atoms with E-state index < -0.39 is 0 Å². The molecular formula is C24H26IN5OS. The molecule has 1 aliphatic heterocycles. The van der Waals surface area contributed by atoms with Crippen LogP contribution in [0.1, 0.15) is 46.7 Å². The quantitative estimate of drug-likeness (QED) is 0.295. The fraction of sp³-hybridized carbons (Fsp3) is 0.292. The summed E-state index contributed by atoms with van der Waals surface area (Å²) in [5, 5.41) is 7.13. The number of H-pyrrole nitrogens is 1. The Morgan fingerprint density at radius 1 is 1.16 bits per heavy atom. The number of hydrogen-bond acceptors (Lipinski definition) is 3.